The van der Waals surface area contributed by atoms with Gasteiger partial charge in [0.1, 0.15) is 0 Å². The molecule has 1 heterocycles. The van der Waals surface area contributed by atoms with E-state index in [1.807, 2.05) is 11.8 Å². The van der Waals surface area contributed by atoms with Crippen molar-refractivity contribution >= 4 is 5.91 Å². The van der Waals surface area contributed by atoms with Crippen molar-refractivity contribution in [3.63, 3.8) is 0 Å². The van der Waals surface area contributed by atoms with E-state index in [1.54, 1.807) is 0 Å². The van der Waals surface area contributed by atoms with E-state index in [0.29, 0.717) is 18.9 Å². The molecule has 1 saturated heterocycles. The summed E-state index contributed by atoms with van der Waals surface area (Å²) in [6, 6.07) is 0.604. The third kappa shape index (κ3) is 5.96. The summed E-state index contributed by atoms with van der Waals surface area (Å²) in [4.78, 5) is 16.5. The van der Waals surface area contributed by atoms with E-state index >= 15 is 0 Å². The summed E-state index contributed by atoms with van der Waals surface area (Å²) in [5, 5.41) is 0. The minimum atomic E-state index is 0.283. The van der Waals surface area contributed by atoms with E-state index in [1.165, 1.54) is 0 Å². The number of carbonyl (C=O) groups excluding carboxylic acids is 1. The van der Waals surface area contributed by atoms with Crippen LogP contribution in [-0.2, 0) is 4.79 Å². The largest absolute Gasteiger partial charge is 0.343 e. The summed E-state index contributed by atoms with van der Waals surface area (Å²) in [5.74, 6) is 7.09. The van der Waals surface area contributed by atoms with E-state index in [0.717, 1.165) is 44.8 Å². The van der Waals surface area contributed by atoms with Gasteiger partial charge >= 0.3 is 0 Å². The second kappa shape index (κ2) is 9.02. The molecule has 0 bridgehead atoms. The molecule has 0 atom stereocenters. The zero-order valence-corrected chi connectivity index (χ0v) is 13.6. The molecule has 1 aliphatic heterocycles. The Labute approximate surface area is 124 Å². The Morgan fingerprint density at radius 1 is 1.30 bits per heavy atom. The van der Waals surface area contributed by atoms with Crippen LogP contribution in [0.4, 0.5) is 0 Å². The van der Waals surface area contributed by atoms with Crippen LogP contribution in [0.5, 0.6) is 0 Å². The lowest BCUT2D eigenvalue weighted by atomic mass is 9.95. The first-order valence-corrected chi connectivity index (χ1v) is 7.98. The number of hydrogen-bond donors (Lipinski definition) is 0. The van der Waals surface area contributed by atoms with E-state index in [2.05, 4.69) is 37.6 Å². The predicted octanol–water partition coefficient (Wildman–Crippen LogP) is 2.76. The molecule has 0 aromatic rings. The molecule has 0 radical (unpaired) electrons. The van der Waals surface area contributed by atoms with Crippen molar-refractivity contribution < 1.29 is 4.79 Å². The molecule has 1 rings (SSSR count). The van der Waals surface area contributed by atoms with Crippen molar-refractivity contribution in [3.8, 4) is 11.8 Å². The molecule has 0 aromatic heterocycles. The lowest BCUT2D eigenvalue weighted by Gasteiger charge is -2.35. The molecule has 0 saturated carbocycles. The van der Waals surface area contributed by atoms with Gasteiger partial charge in [-0.1, -0.05) is 6.92 Å². The topological polar surface area (TPSA) is 23.6 Å². The van der Waals surface area contributed by atoms with Gasteiger partial charge in [0.05, 0.1) is 0 Å². The van der Waals surface area contributed by atoms with Crippen LogP contribution in [0.1, 0.15) is 52.9 Å². The average Bonchev–Trinajstić information content (AvgIpc) is 2.44. The smallest absolute Gasteiger partial charge is 0.223 e. The summed E-state index contributed by atoms with van der Waals surface area (Å²) in [5.41, 5.74) is 0. The van der Waals surface area contributed by atoms with Crippen LogP contribution in [0.25, 0.3) is 0 Å². The molecule has 3 heteroatoms. The third-order valence-electron chi connectivity index (χ3n) is 4.16. The quantitative estimate of drug-likeness (QED) is 0.722. The van der Waals surface area contributed by atoms with E-state index in [4.69, 9.17) is 0 Å². The fraction of sp³-hybridized carbons (Fsp3) is 0.824. The predicted molar refractivity (Wildman–Crippen MR) is 84.4 cm³/mol. The number of piperidine rings is 1. The number of hydrogen-bond acceptors (Lipinski definition) is 2. The van der Waals surface area contributed by atoms with Crippen LogP contribution in [0.2, 0.25) is 0 Å². The maximum absolute atomic E-state index is 12.0. The molecule has 114 valence electrons. The van der Waals surface area contributed by atoms with Gasteiger partial charge < -0.3 is 9.80 Å². The highest BCUT2D eigenvalue weighted by Crippen LogP contribution is 2.19. The number of amides is 1. The molecular formula is C17H30N2O. The summed E-state index contributed by atoms with van der Waals surface area (Å²) < 4.78 is 0. The number of carbonyl (C=O) groups is 1. The SMILES string of the molecule is CCC#CCCC(=O)N1CCC(CN(C)C(C)C)CC1. The first-order chi connectivity index (χ1) is 9.54. The van der Waals surface area contributed by atoms with Gasteiger partial charge in [0.25, 0.3) is 0 Å². The molecule has 0 unspecified atom stereocenters. The van der Waals surface area contributed by atoms with E-state index in [-0.39, 0.29) is 5.91 Å². The molecule has 20 heavy (non-hydrogen) atoms. The minimum absolute atomic E-state index is 0.283. The lowest BCUT2D eigenvalue weighted by molar-refractivity contribution is -0.132. The summed E-state index contributed by atoms with van der Waals surface area (Å²) in [6.45, 7) is 9.51. The molecule has 1 aliphatic rings. The van der Waals surface area contributed by atoms with Crippen LogP contribution < -0.4 is 0 Å². The summed E-state index contributed by atoms with van der Waals surface area (Å²) in [6.07, 6.45) is 4.46. The Kier molecular flexibility index (Phi) is 7.69. The standard InChI is InChI=1S/C17H30N2O/c1-5-6-7-8-9-17(20)19-12-10-16(11-13-19)14-18(4)15(2)3/h15-16H,5,8-14H2,1-4H3. The number of likely N-dealkylation sites (tertiary alicyclic amines) is 1. The number of nitrogens with zero attached hydrogens (tertiary/aromatic N) is 2. The molecule has 0 aliphatic carbocycles. The Morgan fingerprint density at radius 2 is 1.95 bits per heavy atom. The molecule has 3 nitrogen and oxygen atoms in total. The highest BCUT2D eigenvalue weighted by Gasteiger charge is 2.23. The molecular weight excluding hydrogens is 248 g/mol. The Balaban J connectivity index is 2.26. The van der Waals surface area contributed by atoms with Crippen molar-refractivity contribution in [2.45, 2.75) is 58.9 Å². The normalized spacial score (nSPS) is 16.4. The van der Waals surface area contributed by atoms with Gasteiger partial charge in [-0.3, -0.25) is 4.79 Å². The minimum Gasteiger partial charge on any atom is -0.343 e. The Bertz CT molecular complexity index is 346. The van der Waals surface area contributed by atoms with Gasteiger partial charge in [0.2, 0.25) is 5.91 Å². The molecule has 0 spiro atoms. The maximum Gasteiger partial charge on any atom is 0.223 e. The van der Waals surface area contributed by atoms with Gasteiger partial charge in [-0.05, 0) is 39.7 Å². The fourth-order valence-corrected chi connectivity index (χ4v) is 2.52. The van der Waals surface area contributed by atoms with Crippen molar-refractivity contribution in [2.75, 3.05) is 26.7 Å². The second-order valence-electron chi connectivity index (χ2n) is 6.06. The van der Waals surface area contributed by atoms with Crippen LogP contribution in [-0.4, -0.2) is 48.4 Å². The molecule has 0 aromatic carbocycles. The van der Waals surface area contributed by atoms with Gasteiger partial charge in [-0.25, -0.2) is 0 Å². The van der Waals surface area contributed by atoms with E-state index in [9.17, 15) is 4.79 Å². The number of rotatable bonds is 5. The monoisotopic (exact) mass is 278 g/mol. The van der Waals surface area contributed by atoms with Crippen LogP contribution in [0.3, 0.4) is 0 Å². The zero-order chi connectivity index (χ0) is 15.0. The van der Waals surface area contributed by atoms with Gasteiger partial charge in [0.15, 0.2) is 0 Å². The van der Waals surface area contributed by atoms with Crippen LogP contribution in [0, 0.1) is 17.8 Å². The Hall–Kier alpha value is -1.01. The highest BCUT2D eigenvalue weighted by atomic mass is 16.2. The first kappa shape index (κ1) is 17.0. The highest BCUT2D eigenvalue weighted by molar-refractivity contribution is 5.76. The maximum atomic E-state index is 12.0. The zero-order valence-electron chi connectivity index (χ0n) is 13.6. The lowest BCUT2D eigenvalue weighted by Crippen LogP contribution is -2.42. The first-order valence-electron chi connectivity index (χ1n) is 7.98. The Morgan fingerprint density at radius 3 is 2.50 bits per heavy atom. The van der Waals surface area contributed by atoms with Crippen molar-refractivity contribution in [1.82, 2.24) is 9.80 Å². The van der Waals surface area contributed by atoms with Crippen molar-refractivity contribution in [3.05, 3.63) is 0 Å². The molecule has 1 amide bonds. The van der Waals surface area contributed by atoms with Crippen molar-refractivity contribution in [2.24, 2.45) is 5.92 Å². The van der Waals surface area contributed by atoms with Crippen molar-refractivity contribution in [1.29, 1.82) is 0 Å². The second-order valence-corrected chi connectivity index (χ2v) is 6.06. The third-order valence-corrected chi connectivity index (χ3v) is 4.16. The fourth-order valence-electron chi connectivity index (χ4n) is 2.52. The van der Waals surface area contributed by atoms with E-state index < -0.39 is 0 Å². The van der Waals surface area contributed by atoms with Crippen LogP contribution in [0.15, 0.2) is 0 Å². The molecule has 1 fully saturated rings. The van der Waals surface area contributed by atoms with Gasteiger partial charge in [-0.2, -0.15) is 0 Å². The molecule has 0 N–H and O–H groups in total. The van der Waals surface area contributed by atoms with Crippen LogP contribution >= 0.6 is 0 Å². The summed E-state index contributed by atoms with van der Waals surface area (Å²) in [7, 11) is 2.19. The van der Waals surface area contributed by atoms with Gasteiger partial charge in [0, 0.05) is 44.9 Å². The van der Waals surface area contributed by atoms with Gasteiger partial charge in [-0.15, -0.1) is 11.8 Å². The summed E-state index contributed by atoms with van der Waals surface area (Å²) >= 11 is 0. The average molecular weight is 278 g/mol.